The number of nitrogens with zero attached hydrogens (tertiary/aromatic N) is 1. The highest BCUT2D eigenvalue weighted by atomic mass is 35.5. The second kappa shape index (κ2) is 9.42. The van der Waals surface area contributed by atoms with Crippen molar-refractivity contribution in [2.45, 2.75) is 19.8 Å². The number of ether oxygens (including phenoxy) is 1. The molecule has 0 saturated carbocycles. The fourth-order valence-corrected chi connectivity index (χ4v) is 2.86. The van der Waals surface area contributed by atoms with Crippen molar-refractivity contribution in [3.63, 3.8) is 0 Å². The van der Waals surface area contributed by atoms with Gasteiger partial charge in [0, 0.05) is 30.5 Å². The molecule has 2 rings (SSSR count). The van der Waals surface area contributed by atoms with Crippen molar-refractivity contribution in [2.75, 3.05) is 30.9 Å². The van der Waals surface area contributed by atoms with Crippen molar-refractivity contribution in [3.05, 3.63) is 59.1 Å². The van der Waals surface area contributed by atoms with E-state index in [9.17, 15) is 9.59 Å². The third kappa shape index (κ3) is 6.00. The van der Waals surface area contributed by atoms with Gasteiger partial charge in [-0.05, 0) is 47.9 Å². The van der Waals surface area contributed by atoms with Crippen LogP contribution >= 0.6 is 11.6 Å². The molecule has 0 aliphatic rings. The van der Waals surface area contributed by atoms with E-state index in [1.807, 2.05) is 45.0 Å². The van der Waals surface area contributed by atoms with E-state index in [-0.39, 0.29) is 18.4 Å². The van der Waals surface area contributed by atoms with Crippen LogP contribution in [-0.4, -0.2) is 32.6 Å². The average molecular weight is 389 g/mol. The van der Waals surface area contributed by atoms with E-state index in [4.69, 9.17) is 16.3 Å². The van der Waals surface area contributed by atoms with Crippen molar-refractivity contribution in [1.29, 1.82) is 0 Å². The first kappa shape index (κ1) is 20.8. The summed E-state index contributed by atoms with van der Waals surface area (Å²) in [7, 11) is 3.89. The van der Waals surface area contributed by atoms with Crippen LogP contribution in [0.15, 0.2) is 48.5 Å². The molecule has 27 heavy (non-hydrogen) atoms. The van der Waals surface area contributed by atoms with E-state index >= 15 is 0 Å². The van der Waals surface area contributed by atoms with Crippen LogP contribution in [0.25, 0.3) is 0 Å². The van der Waals surface area contributed by atoms with Gasteiger partial charge in [-0.25, -0.2) is 0 Å². The second-order valence-corrected chi connectivity index (χ2v) is 7.31. The van der Waals surface area contributed by atoms with Crippen LogP contribution in [0, 0.1) is 5.92 Å². The van der Waals surface area contributed by atoms with Gasteiger partial charge in [0.1, 0.15) is 0 Å². The van der Waals surface area contributed by atoms with Gasteiger partial charge in [0.15, 0.2) is 6.61 Å². The van der Waals surface area contributed by atoms with E-state index in [2.05, 4.69) is 5.32 Å². The molecular formula is C21H25ClN2O3. The maximum absolute atomic E-state index is 12.5. The number of hydrogen-bond acceptors (Lipinski definition) is 4. The Bertz CT molecular complexity index is 771. The SMILES string of the molecule is CC(C)C(C(=O)OCC(=O)Nc1ccc(N(C)C)cc1)c1ccc(Cl)cc1. The molecule has 0 aliphatic carbocycles. The topological polar surface area (TPSA) is 58.6 Å². The van der Waals surface area contributed by atoms with Crippen LogP contribution in [0.3, 0.4) is 0 Å². The zero-order valence-corrected chi connectivity index (χ0v) is 16.8. The third-order valence-electron chi connectivity index (χ3n) is 4.16. The van der Waals surface area contributed by atoms with Crippen molar-refractivity contribution in [2.24, 2.45) is 5.92 Å². The number of carbonyl (C=O) groups is 2. The average Bonchev–Trinajstić information content (AvgIpc) is 2.62. The third-order valence-corrected chi connectivity index (χ3v) is 4.41. The first-order valence-corrected chi connectivity index (χ1v) is 9.15. The molecule has 0 heterocycles. The summed E-state index contributed by atoms with van der Waals surface area (Å²) in [5, 5.41) is 3.33. The summed E-state index contributed by atoms with van der Waals surface area (Å²) in [5.74, 6) is -1.22. The molecule has 0 aliphatic heterocycles. The fraction of sp³-hybridized carbons (Fsp3) is 0.333. The summed E-state index contributed by atoms with van der Waals surface area (Å²) in [5.41, 5.74) is 2.50. The largest absolute Gasteiger partial charge is 0.455 e. The molecule has 1 N–H and O–H groups in total. The number of esters is 1. The van der Waals surface area contributed by atoms with Crippen LogP contribution in [0.4, 0.5) is 11.4 Å². The molecule has 5 nitrogen and oxygen atoms in total. The summed E-state index contributed by atoms with van der Waals surface area (Å²) in [6.45, 7) is 3.55. The van der Waals surface area contributed by atoms with Gasteiger partial charge in [-0.3, -0.25) is 9.59 Å². The second-order valence-electron chi connectivity index (χ2n) is 6.87. The smallest absolute Gasteiger partial charge is 0.314 e. The van der Waals surface area contributed by atoms with Crippen LogP contribution in [0.1, 0.15) is 25.3 Å². The normalized spacial score (nSPS) is 11.8. The van der Waals surface area contributed by atoms with Crippen molar-refractivity contribution in [1.82, 2.24) is 0 Å². The molecule has 0 aromatic heterocycles. The number of anilines is 2. The van der Waals surface area contributed by atoms with E-state index in [0.29, 0.717) is 10.7 Å². The van der Waals surface area contributed by atoms with Gasteiger partial charge in [0.05, 0.1) is 5.92 Å². The summed E-state index contributed by atoms with van der Waals surface area (Å²) in [6.07, 6.45) is 0. The fourth-order valence-electron chi connectivity index (χ4n) is 2.73. The first-order valence-electron chi connectivity index (χ1n) is 8.77. The summed E-state index contributed by atoms with van der Waals surface area (Å²) >= 11 is 5.91. The number of halogens is 1. The number of amides is 1. The molecule has 144 valence electrons. The quantitative estimate of drug-likeness (QED) is 0.717. The number of rotatable bonds is 7. The molecular weight excluding hydrogens is 364 g/mol. The molecule has 1 amide bonds. The number of benzene rings is 2. The zero-order valence-electron chi connectivity index (χ0n) is 16.0. The van der Waals surface area contributed by atoms with Gasteiger partial charge in [0.25, 0.3) is 5.91 Å². The molecule has 0 radical (unpaired) electrons. The lowest BCUT2D eigenvalue weighted by Gasteiger charge is -2.20. The number of hydrogen-bond donors (Lipinski definition) is 1. The number of nitrogens with one attached hydrogen (secondary N) is 1. The van der Waals surface area contributed by atoms with Crippen LogP contribution in [0.5, 0.6) is 0 Å². The molecule has 2 aromatic rings. The Kier molecular flexibility index (Phi) is 7.25. The molecule has 0 saturated heterocycles. The Morgan fingerprint density at radius 3 is 2.15 bits per heavy atom. The van der Waals surface area contributed by atoms with Crippen molar-refractivity contribution >= 4 is 34.9 Å². The highest BCUT2D eigenvalue weighted by molar-refractivity contribution is 6.30. The van der Waals surface area contributed by atoms with E-state index in [1.54, 1.807) is 36.4 Å². The number of carbonyl (C=O) groups excluding carboxylic acids is 2. The van der Waals surface area contributed by atoms with Gasteiger partial charge in [-0.15, -0.1) is 0 Å². The van der Waals surface area contributed by atoms with Crippen molar-refractivity contribution in [3.8, 4) is 0 Å². The first-order chi connectivity index (χ1) is 12.8. The van der Waals surface area contributed by atoms with Crippen LogP contribution < -0.4 is 10.2 Å². The van der Waals surface area contributed by atoms with Crippen molar-refractivity contribution < 1.29 is 14.3 Å². The van der Waals surface area contributed by atoms with E-state index in [0.717, 1.165) is 11.3 Å². The monoisotopic (exact) mass is 388 g/mol. The molecule has 0 bridgehead atoms. The molecule has 0 spiro atoms. The molecule has 2 aromatic carbocycles. The molecule has 0 fully saturated rings. The summed E-state index contributed by atoms with van der Waals surface area (Å²) in [4.78, 5) is 26.6. The lowest BCUT2D eigenvalue weighted by atomic mass is 9.88. The van der Waals surface area contributed by atoms with Gasteiger partial charge < -0.3 is 15.0 Å². The van der Waals surface area contributed by atoms with Gasteiger partial charge in [-0.2, -0.15) is 0 Å². The Morgan fingerprint density at radius 2 is 1.63 bits per heavy atom. The molecule has 6 heteroatoms. The van der Waals surface area contributed by atoms with Crippen LogP contribution in [-0.2, 0) is 14.3 Å². The molecule has 1 unspecified atom stereocenters. The predicted octanol–water partition coefficient (Wildman–Crippen LogP) is 4.33. The molecule has 1 atom stereocenters. The predicted molar refractivity (Wildman–Crippen MR) is 109 cm³/mol. The standard InChI is InChI=1S/C21H25ClN2O3/c1-14(2)20(15-5-7-16(22)8-6-15)21(26)27-13-19(25)23-17-9-11-18(12-10-17)24(3)4/h5-12,14,20H,13H2,1-4H3,(H,23,25). The van der Waals surface area contributed by atoms with Gasteiger partial charge in [0.2, 0.25) is 0 Å². The minimum Gasteiger partial charge on any atom is -0.455 e. The Hall–Kier alpha value is -2.53. The van der Waals surface area contributed by atoms with Crippen LogP contribution in [0.2, 0.25) is 5.02 Å². The minimum absolute atomic E-state index is 0.0281. The van der Waals surface area contributed by atoms with E-state index < -0.39 is 11.9 Å². The summed E-state index contributed by atoms with van der Waals surface area (Å²) < 4.78 is 5.25. The van der Waals surface area contributed by atoms with E-state index in [1.165, 1.54) is 0 Å². The lowest BCUT2D eigenvalue weighted by Crippen LogP contribution is -2.26. The maximum Gasteiger partial charge on any atom is 0.314 e. The Morgan fingerprint density at radius 1 is 1.04 bits per heavy atom. The highest BCUT2D eigenvalue weighted by Crippen LogP contribution is 2.27. The Balaban J connectivity index is 1.94. The van der Waals surface area contributed by atoms with Gasteiger partial charge >= 0.3 is 5.97 Å². The van der Waals surface area contributed by atoms with Gasteiger partial charge in [-0.1, -0.05) is 37.6 Å². The minimum atomic E-state index is -0.450. The lowest BCUT2D eigenvalue weighted by molar-refractivity contribution is -0.149. The highest BCUT2D eigenvalue weighted by Gasteiger charge is 2.26. The summed E-state index contributed by atoms with van der Waals surface area (Å²) in [6, 6.07) is 14.5. The zero-order chi connectivity index (χ0) is 20.0. The maximum atomic E-state index is 12.5. The Labute approximate surface area is 165 Å².